The van der Waals surface area contributed by atoms with Gasteiger partial charge in [-0.2, -0.15) is 0 Å². The van der Waals surface area contributed by atoms with Gasteiger partial charge >= 0.3 is 0 Å². The zero-order valence-electron chi connectivity index (χ0n) is 14.2. The monoisotopic (exact) mass is 345 g/mol. The number of hydrogen-bond donors (Lipinski definition) is 2. The lowest BCUT2D eigenvalue weighted by atomic mass is 9.83. The average Bonchev–Trinajstić information content (AvgIpc) is 3.02. The number of aromatic amines is 1. The smallest absolute Gasteiger partial charge is 0.213 e. The molecule has 130 valence electrons. The highest BCUT2D eigenvalue weighted by molar-refractivity contribution is 6.07. The molecule has 2 N–H and O–H groups in total. The van der Waals surface area contributed by atoms with Crippen molar-refractivity contribution in [2.24, 2.45) is 5.92 Å². The largest absolute Gasteiger partial charge is 0.474 e. The maximum atomic E-state index is 9.08. The van der Waals surface area contributed by atoms with Gasteiger partial charge in [0.1, 0.15) is 6.10 Å². The van der Waals surface area contributed by atoms with Gasteiger partial charge in [-0.15, -0.1) is 0 Å². The van der Waals surface area contributed by atoms with Crippen LogP contribution >= 0.6 is 0 Å². The third-order valence-corrected chi connectivity index (χ3v) is 5.21. The van der Waals surface area contributed by atoms with Crippen molar-refractivity contribution < 1.29 is 9.84 Å². The van der Waals surface area contributed by atoms with Crippen molar-refractivity contribution in [3.05, 3.63) is 55.0 Å². The number of aromatic nitrogens is 3. The lowest BCUT2D eigenvalue weighted by Crippen LogP contribution is -2.35. The predicted octanol–water partition coefficient (Wildman–Crippen LogP) is 3.93. The van der Waals surface area contributed by atoms with E-state index >= 15 is 0 Å². The Morgan fingerprint density at radius 3 is 2.69 bits per heavy atom. The van der Waals surface area contributed by atoms with Gasteiger partial charge in [0.2, 0.25) is 5.88 Å². The van der Waals surface area contributed by atoms with E-state index in [1.807, 2.05) is 30.6 Å². The molecule has 1 fully saturated rings. The van der Waals surface area contributed by atoms with Gasteiger partial charge < -0.3 is 14.8 Å². The number of ether oxygens (including phenoxy) is 1. The zero-order chi connectivity index (χ0) is 17.5. The fourth-order valence-corrected chi connectivity index (χ4v) is 3.64. The SMILES string of the molecule is OC[C@H]1C[C@H](Oc2ccc(-c3ccc4c(c3)[nH]c3ccncc34)cn2)C1. The van der Waals surface area contributed by atoms with E-state index in [4.69, 9.17) is 9.84 Å². The number of benzene rings is 1. The van der Waals surface area contributed by atoms with Gasteiger partial charge in [0, 0.05) is 58.6 Å². The topological polar surface area (TPSA) is 71.0 Å². The van der Waals surface area contributed by atoms with Crippen LogP contribution in [0.4, 0.5) is 0 Å². The number of nitrogens with one attached hydrogen (secondary N) is 1. The second-order valence-corrected chi connectivity index (χ2v) is 6.95. The van der Waals surface area contributed by atoms with Gasteiger partial charge in [-0.1, -0.05) is 12.1 Å². The normalized spacial score (nSPS) is 19.6. The molecule has 5 heteroatoms. The number of fused-ring (bicyclic) bond motifs is 3. The van der Waals surface area contributed by atoms with Crippen LogP contribution in [0.25, 0.3) is 32.9 Å². The van der Waals surface area contributed by atoms with Crippen LogP contribution in [0.15, 0.2) is 55.0 Å². The lowest BCUT2D eigenvalue weighted by Gasteiger charge is -2.33. The Balaban J connectivity index is 1.39. The Morgan fingerprint density at radius 2 is 1.88 bits per heavy atom. The van der Waals surface area contributed by atoms with E-state index in [1.54, 1.807) is 6.20 Å². The molecule has 0 aliphatic heterocycles. The molecule has 1 aliphatic carbocycles. The molecule has 0 amide bonds. The Hall–Kier alpha value is -2.92. The fraction of sp³-hybridized carbons (Fsp3) is 0.238. The minimum absolute atomic E-state index is 0.182. The summed E-state index contributed by atoms with van der Waals surface area (Å²) in [5.74, 6) is 1.03. The van der Waals surface area contributed by atoms with Crippen LogP contribution < -0.4 is 4.74 Å². The van der Waals surface area contributed by atoms with Crippen molar-refractivity contribution >= 4 is 21.8 Å². The van der Waals surface area contributed by atoms with Crippen LogP contribution in [-0.4, -0.2) is 32.8 Å². The molecule has 4 aromatic rings. The minimum atomic E-state index is 0.182. The van der Waals surface area contributed by atoms with Crippen molar-refractivity contribution in [3.8, 4) is 17.0 Å². The number of H-pyrrole nitrogens is 1. The molecular formula is C21H19N3O2. The Morgan fingerprint density at radius 1 is 1.00 bits per heavy atom. The zero-order valence-corrected chi connectivity index (χ0v) is 14.2. The van der Waals surface area contributed by atoms with Gasteiger partial charge in [0.05, 0.1) is 0 Å². The molecule has 1 saturated carbocycles. The highest BCUT2D eigenvalue weighted by atomic mass is 16.5. The second kappa shape index (κ2) is 6.11. The molecule has 5 nitrogen and oxygen atoms in total. The number of aliphatic hydroxyl groups excluding tert-OH is 1. The van der Waals surface area contributed by atoms with E-state index in [-0.39, 0.29) is 12.7 Å². The second-order valence-electron chi connectivity index (χ2n) is 6.95. The van der Waals surface area contributed by atoms with Crippen molar-refractivity contribution in [3.63, 3.8) is 0 Å². The molecule has 3 heterocycles. The first-order valence-corrected chi connectivity index (χ1v) is 8.89. The average molecular weight is 345 g/mol. The van der Waals surface area contributed by atoms with Crippen LogP contribution in [-0.2, 0) is 0 Å². The summed E-state index contributed by atoms with van der Waals surface area (Å²) in [5.41, 5.74) is 4.35. The van der Waals surface area contributed by atoms with E-state index in [0.29, 0.717) is 11.8 Å². The lowest BCUT2D eigenvalue weighted by molar-refractivity contribution is 0.0296. The summed E-state index contributed by atoms with van der Waals surface area (Å²) in [7, 11) is 0. The Bertz CT molecular complexity index is 1070. The van der Waals surface area contributed by atoms with E-state index in [1.165, 1.54) is 5.39 Å². The predicted molar refractivity (Wildman–Crippen MR) is 101 cm³/mol. The van der Waals surface area contributed by atoms with E-state index in [9.17, 15) is 0 Å². The molecule has 0 atom stereocenters. The Labute approximate surface area is 150 Å². The van der Waals surface area contributed by atoms with Crippen LogP contribution in [0.5, 0.6) is 5.88 Å². The molecule has 0 saturated heterocycles. The molecular weight excluding hydrogens is 326 g/mol. The molecule has 0 radical (unpaired) electrons. The summed E-state index contributed by atoms with van der Waals surface area (Å²) in [4.78, 5) is 12.1. The summed E-state index contributed by atoms with van der Waals surface area (Å²) >= 11 is 0. The Kier molecular flexibility index (Phi) is 3.60. The number of aliphatic hydroxyl groups is 1. The summed E-state index contributed by atoms with van der Waals surface area (Å²) in [6.45, 7) is 0.249. The van der Waals surface area contributed by atoms with Gasteiger partial charge in [0.25, 0.3) is 0 Å². The van der Waals surface area contributed by atoms with Crippen molar-refractivity contribution in [1.82, 2.24) is 15.0 Å². The van der Waals surface area contributed by atoms with Gasteiger partial charge in [0.15, 0.2) is 0 Å². The number of rotatable bonds is 4. The summed E-state index contributed by atoms with van der Waals surface area (Å²) in [6.07, 6.45) is 7.54. The number of hydrogen-bond acceptors (Lipinski definition) is 4. The molecule has 0 spiro atoms. The minimum Gasteiger partial charge on any atom is -0.474 e. The van der Waals surface area contributed by atoms with E-state index in [0.717, 1.165) is 40.4 Å². The van der Waals surface area contributed by atoms with Crippen molar-refractivity contribution in [1.29, 1.82) is 0 Å². The van der Waals surface area contributed by atoms with Crippen molar-refractivity contribution in [2.75, 3.05) is 6.61 Å². The fourth-order valence-electron chi connectivity index (χ4n) is 3.64. The van der Waals surface area contributed by atoms with Crippen LogP contribution in [0, 0.1) is 5.92 Å². The van der Waals surface area contributed by atoms with Gasteiger partial charge in [-0.05, 0) is 42.5 Å². The first-order valence-electron chi connectivity index (χ1n) is 8.89. The van der Waals surface area contributed by atoms with Crippen molar-refractivity contribution in [2.45, 2.75) is 18.9 Å². The molecule has 1 aliphatic rings. The third-order valence-electron chi connectivity index (χ3n) is 5.21. The first kappa shape index (κ1) is 15.3. The third kappa shape index (κ3) is 2.61. The molecule has 0 bridgehead atoms. The molecule has 1 aromatic carbocycles. The number of pyridine rings is 2. The standard InChI is InChI=1S/C21H19N3O2/c25-12-13-7-16(8-13)26-21-4-2-15(10-23-21)14-1-3-17-18-11-22-6-5-19(18)24-20(17)9-14/h1-6,9-11,13,16,24-25H,7-8,12H2/t13-,16-. The molecule has 3 aromatic heterocycles. The number of nitrogens with zero attached hydrogens (tertiary/aromatic N) is 2. The first-order chi connectivity index (χ1) is 12.8. The summed E-state index contributed by atoms with van der Waals surface area (Å²) < 4.78 is 5.85. The summed E-state index contributed by atoms with van der Waals surface area (Å²) in [5, 5.41) is 11.4. The van der Waals surface area contributed by atoms with Gasteiger partial charge in [-0.25, -0.2) is 4.98 Å². The van der Waals surface area contributed by atoms with E-state index < -0.39 is 0 Å². The molecule has 0 unspecified atom stereocenters. The van der Waals surface area contributed by atoms with Crippen LogP contribution in [0.1, 0.15) is 12.8 Å². The van der Waals surface area contributed by atoms with E-state index in [2.05, 4.69) is 33.2 Å². The van der Waals surface area contributed by atoms with Crippen LogP contribution in [0.2, 0.25) is 0 Å². The van der Waals surface area contributed by atoms with Gasteiger partial charge in [-0.3, -0.25) is 4.98 Å². The maximum absolute atomic E-state index is 9.08. The molecule has 26 heavy (non-hydrogen) atoms. The quantitative estimate of drug-likeness (QED) is 0.588. The van der Waals surface area contributed by atoms with Crippen LogP contribution in [0.3, 0.4) is 0 Å². The highest BCUT2D eigenvalue weighted by Gasteiger charge is 2.30. The maximum Gasteiger partial charge on any atom is 0.213 e. The highest BCUT2D eigenvalue weighted by Crippen LogP contribution is 2.32. The molecule has 5 rings (SSSR count). The summed E-state index contributed by atoms with van der Waals surface area (Å²) in [6, 6.07) is 12.3.